The van der Waals surface area contributed by atoms with Crippen LogP contribution in [0.25, 0.3) is 0 Å². The summed E-state index contributed by atoms with van der Waals surface area (Å²) in [5.74, 6) is 0.392. The second-order valence-electron chi connectivity index (χ2n) is 5.38. The average Bonchev–Trinajstić information content (AvgIpc) is 2.65. The number of nitriles is 1. The maximum atomic E-state index is 12.3. The van der Waals surface area contributed by atoms with Crippen molar-refractivity contribution in [2.75, 3.05) is 31.0 Å². The highest BCUT2D eigenvalue weighted by atomic mass is 16.5. The molecule has 0 heterocycles. The smallest absolute Gasteiger partial charge is 0.244 e. The molecule has 0 aliphatic rings. The first kappa shape index (κ1) is 18.8. The van der Waals surface area contributed by atoms with Gasteiger partial charge in [-0.2, -0.15) is 5.26 Å². The second kappa shape index (κ2) is 8.53. The van der Waals surface area contributed by atoms with E-state index in [0.717, 1.165) is 0 Å². The Morgan fingerprint density at radius 1 is 1.08 bits per heavy atom. The molecule has 0 unspecified atom stereocenters. The third-order valence-corrected chi connectivity index (χ3v) is 3.66. The molecule has 0 saturated carbocycles. The maximum absolute atomic E-state index is 12.3. The first-order valence-corrected chi connectivity index (χ1v) is 7.78. The van der Waals surface area contributed by atoms with Crippen molar-refractivity contribution < 1.29 is 19.1 Å². The Labute approximate surface area is 151 Å². The van der Waals surface area contributed by atoms with E-state index < -0.39 is 0 Å². The van der Waals surface area contributed by atoms with Crippen LogP contribution in [0.5, 0.6) is 11.5 Å². The Morgan fingerprint density at radius 2 is 1.73 bits per heavy atom. The molecule has 7 heteroatoms. The summed E-state index contributed by atoms with van der Waals surface area (Å²) in [5.41, 5.74) is 1.54. The minimum absolute atomic E-state index is 0.157. The van der Waals surface area contributed by atoms with E-state index in [-0.39, 0.29) is 18.4 Å². The van der Waals surface area contributed by atoms with Gasteiger partial charge in [0, 0.05) is 24.4 Å². The van der Waals surface area contributed by atoms with Crippen LogP contribution in [0.3, 0.4) is 0 Å². The van der Waals surface area contributed by atoms with E-state index in [2.05, 4.69) is 5.32 Å². The van der Waals surface area contributed by atoms with Gasteiger partial charge < -0.3 is 19.7 Å². The van der Waals surface area contributed by atoms with Gasteiger partial charge in [0.15, 0.2) is 11.5 Å². The quantitative estimate of drug-likeness (QED) is 0.862. The van der Waals surface area contributed by atoms with Gasteiger partial charge in [0.05, 0.1) is 25.9 Å². The number of ether oxygens (including phenoxy) is 2. The highest BCUT2D eigenvalue weighted by molar-refractivity contribution is 6.01. The van der Waals surface area contributed by atoms with Crippen LogP contribution in [0.2, 0.25) is 0 Å². The molecule has 0 spiro atoms. The molecule has 2 aromatic carbocycles. The summed E-state index contributed by atoms with van der Waals surface area (Å²) >= 11 is 0. The highest BCUT2D eigenvalue weighted by Gasteiger charge is 2.16. The van der Waals surface area contributed by atoms with E-state index in [9.17, 15) is 9.59 Å². The molecule has 0 saturated heterocycles. The fourth-order valence-electron chi connectivity index (χ4n) is 2.36. The fourth-order valence-corrected chi connectivity index (χ4v) is 2.36. The standard InChI is InChI=1S/C19H19N3O4/c1-13(23)22(16-7-4-14(11-20)5-8-16)12-19(24)21-15-6-9-17(25-2)18(10-15)26-3/h4-10H,12H2,1-3H3,(H,21,24). The number of hydrogen-bond donors (Lipinski definition) is 1. The SMILES string of the molecule is COc1ccc(NC(=O)CN(C(C)=O)c2ccc(C#N)cc2)cc1OC. The first-order chi connectivity index (χ1) is 12.5. The van der Waals surface area contributed by atoms with Crippen LogP contribution in [0, 0.1) is 11.3 Å². The summed E-state index contributed by atoms with van der Waals surface area (Å²) in [7, 11) is 3.03. The molecular weight excluding hydrogens is 334 g/mol. The monoisotopic (exact) mass is 353 g/mol. The molecule has 0 radical (unpaired) electrons. The number of carbonyl (C=O) groups is 2. The van der Waals surface area contributed by atoms with Crippen LogP contribution in [-0.2, 0) is 9.59 Å². The fraction of sp³-hybridized carbons (Fsp3) is 0.211. The Bertz CT molecular complexity index is 841. The molecule has 2 aromatic rings. The van der Waals surface area contributed by atoms with Crippen molar-refractivity contribution >= 4 is 23.2 Å². The zero-order valence-corrected chi connectivity index (χ0v) is 14.8. The summed E-state index contributed by atoms with van der Waals surface area (Å²) < 4.78 is 10.4. The highest BCUT2D eigenvalue weighted by Crippen LogP contribution is 2.29. The van der Waals surface area contributed by atoms with E-state index >= 15 is 0 Å². The van der Waals surface area contributed by atoms with E-state index in [1.807, 2.05) is 6.07 Å². The van der Waals surface area contributed by atoms with Crippen LogP contribution in [-0.4, -0.2) is 32.6 Å². The van der Waals surface area contributed by atoms with Crippen molar-refractivity contribution in [3.63, 3.8) is 0 Å². The van der Waals surface area contributed by atoms with E-state index in [4.69, 9.17) is 14.7 Å². The van der Waals surface area contributed by atoms with Crippen molar-refractivity contribution in [2.24, 2.45) is 0 Å². The van der Waals surface area contributed by atoms with Gasteiger partial charge >= 0.3 is 0 Å². The third kappa shape index (κ3) is 4.51. The zero-order chi connectivity index (χ0) is 19.1. The molecule has 134 valence electrons. The lowest BCUT2D eigenvalue weighted by atomic mass is 10.2. The van der Waals surface area contributed by atoms with Gasteiger partial charge in [-0.05, 0) is 36.4 Å². The summed E-state index contributed by atoms with van der Waals surface area (Å²) in [6.45, 7) is 1.22. The normalized spacial score (nSPS) is 9.77. The Balaban J connectivity index is 2.13. The van der Waals surface area contributed by atoms with Crippen molar-refractivity contribution in [1.82, 2.24) is 0 Å². The molecule has 0 aliphatic carbocycles. The number of nitrogens with zero attached hydrogens (tertiary/aromatic N) is 2. The molecule has 0 aromatic heterocycles. The minimum atomic E-state index is -0.364. The van der Waals surface area contributed by atoms with Crippen LogP contribution in [0.15, 0.2) is 42.5 Å². The van der Waals surface area contributed by atoms with E-state index in [1.165, 1.54) is 26.0 Å². The van der Waals surface area contributed by atoms with Gasteiger partial charge in [-0.3, -0.25) is 9.59 Å². The number of hydrogen-bond acceptors (Lipinski definition) is 5. The topological polar surface area (TPSA) is 91.7 Å². The first-order valence-electron chi connectivity index (χ1n) is 7.78. The number of carbonyl (C=O) groups excluding carboxylic acids is 2. The van der Waals surface area contributed by atoms with Gasteiger partial charge in [-0.1, -0.05) is 0 Å². The molecule has 26 heavy (non-hydrogen) atoms. The summed E-state index contributed by atoms with van der Waals surface area (Å²) in [4.78, 5) is 25.6. The molecule has 2 rings (SSSR count). The lowest BCUT2D eigenvalue weighted by Gasteiger charge is -2.21. The Kier molecular flexibility index (Phi) is 6.17. The molecule has 7 nitrogen and oxygen atoms in total. The molecule has 1 N–H and O–H groups in total. The van der Waals surface area contributed by atoms with Crippen molar-refractivity contribution in [2.45, 2.75) is 6.92 Å². The average molecular weight is 353 g/mol. The zero-order valence-electron chi connectivity index (χ0n) is 14.8. The lowest BCUT2D eigenvalue weighted by molar-refractivity contribution is -0.120. The molecule has 0 aliphatic heterocycles. The van der Waals surface area contributed by atoms with Gasteiger partial charge in [-0.25, -0.2) is 0 Å². The lowest BCUT2D eigenvalue weighted by Crippen LogP contribution is -2.36. The summed E-state index contributed by atoms with van der Waals surface area (Å²) in [6, 6.07) is 13.5. The summed E-state index contributed by atoms with van der Waals surface area (Å²) in [5, 5.41) is 11.6. The largest absolute Gasteiger partial charge is 0.493 e. The predicted molar refractivity (Wildman–Crippen MR) is 97.4 cm³/mol. The van der Waals surface area contributed by atoms with Gasteiger partial charge in [-0.15, -0.1) is 0 Å². The van der Waals surface area contributed by atoms with Crippen LogP contribution in [0.4, 0.5) is 11.4 Å². The molecule has 2 amide bonds. The molecule has 0 bridgehead atoms. The van der Waals surface area contributed by atoms with E-state index in [0.29, 0.717) is 28.4 Å². The molecule has 0 fully saturated rings. The van der Waals surface area contributed by atoms with Crippen molar-refractivity contribution in [3.05, 3.63) is 48.0 Å². The predicted octanol–water partition coefficient (Wildman–Crippen LogP) is 2.57. The van der Waals surface area contributed by atoms with Crippen LogP contribution >= 0.6 is 0 Å². The minimum Gasteiger partial charge on any atom is -0.493 e. The van der Waals surface area contributed by atoms with E-state index in [1.54, 1.807) is 42.5 Å². The maximum Gasteiger partial charge on any atom is 0.244 e. The third-order valence-electron chi connectivity index (χ3n) is 3.66. The van der Waals surface area contributed by atoms with Gasteiger partial charge in [0.2, 0.25) is 11.8 Å². The molecule has 0 atom stereocenters. The summed E-state index contributed by atoms with van der Waals surface area (Å²) in [6.07, 6.45) is 0. The Morgan fingerprint density at radius 3 is 2.27 bits per heavy atom. The number of nitrogens with one attached hydrogen (secondary N) is 1. The number of methoxy groups -OCH3 is 2. The second-order valence-corrected chi connectivity index (χ2v) is 5.38. The number of anilines is 2. The van der Waals surface area contributed by atoms with Crippen molar-refractivity contribution in [1.29, 1.82) is 5.26 Å². The van der Waals surface area contributed by atoms with Gasteiger partial charge in [0.25, 0.3) is 0 Å². The van der Waals surface area contributed by atoms with Crippen LogP contribution in [0.1, 0.15) is 12.5 Å². The van der Waals surface area contributed by atoms with Crippen molar-refractivity contribution in [3.8, 4) is 17.6 Å². The molecular formula is C19H19N3O4. The number of benzene rings is 2. The number of rotatable bonds is 6. The Hall–Kier alpha value is -3.53. The van der Waals surface area contributed by atoms with Crippen LogP contribution < -0.4 is 19.7 Å². The number of amides is 2. The van der Waals surface area contributed by atoms with Gasteiger partial charge in [0.1, 0.15) is 6.54 Å².